The van der Waals surface area contributed by atoms with Gasteiger partial charge in [-0.25, -0.2) is 0 Å². The van der Waals surface area contributed by atoms with E-state index in [0.717, 1.165) is 16.9 Å². The molecule has 29 heavy (non-hydrogen) atoms. The predicted octanol–water partition coefficient (Wildman–Crippen LogP) is 3.94. The lowest BCUT2D eigenvalue weighted by Crippen LogP contribution is -2.36. The molecule has 0 saturated heterocycles. The Morgan fingerprint density at radius 3 is 2.52 bits per heavy atom. The summed E-state index contributed by atoms with van der Waals surface area (Å²) < 4.78 is 6.05. The van der Waals surface area contributed by atoms with Crippen molar-refractivity contribution in [2.24, 2.45) is 0 Å². The summed E-state index contributed by atoms with van der Waals surface area (Å²) in [4.78, 5) is 39.9. The lowest BCUT2D eigenvalue weighted by molar-refractivity contribution is -0.141. The summed E-state index contributed by atoms with van der Waals surface area (Å²) in [7, 11) is 1.26. The number of hydrogen-bond acceptors (Lipinski definition) is 5. The number of thiazole rings is 1. The molecule has 0 bridgehead atoms. The fraction of sp³-hybridized carbons (Fsp3) is 0.190. The number of benzene rings is 2. The SMILES string of the molecule is COC(=O)Cn1c2c(sc1=O)C(c1ccccc1Cl)CC(=O)N2c1ccccc1. The van der Waals surface area contributed by atoms with E-state index in [9.17, 15) is 14.4 Å². The van der Waals surface area contributed by atoms with Gasteiger partial charge >= 0.3 is 10.8 Å². The highest BCUT2D eigenvalue weighted by atomic mass is 35.5. The number of fused-ring (bicyclic) bond motifs is 1. The molecule has 0 aliphatic carbocycles. The number of methoxy groups -OCH3 is 1. The number of carbonyl (C=O) groups excluding carboxylic acids is 2. The van der Waals surface area contributed by atoms with Gasteiger partial charge in [-0.2, -0.15) is 0 Å². The molecule has 2 aromatic carbocycles. The van der Waals surface area contributed by atoms with E-state index in [1.165, 1.54) is 16.6 Å². The fourth-order valence-corrected chi connectivity index (χ4v) is 4.90. The van der Waals surface area contributed by atoms with Gasteiger partial charge in [-0.1, -0.05) is 59.3 Å². The van der Waals surface area contributed by atoms with Crippen LogP contribution >= 0.6 is 22.9 Å². The van der Waals surface area contributed by atoms with E-state index >= 15 is 0 Å². The minimum Gasteiger partial charge on any atom is -0.468 e. The Kier molecular flexibility index (Phi) is 5.25. The van der Waals surface area contributed by atoms with Crippen LogP contribution in [0.4, 0.5) is 11.5 Å². The number of ether oxygens (including phenoxy) is 1. The molecular formula is C21H17ClN2O4S. The van der Waals surface area contributed by atoms with Crippen LogP contribution in [-0.2, 0) is 20.9 Å². The second-order valence-electron chi connectivity index (χ2n) is 6.56. The average molecular weight is 429 g/mol. The van der Waals surface area contributed by atoms with Gasteiger partial charge < -0.3 is 4.74 Å². The third-order valence-corrected chi connectivity index (χ3v) is 6.29. The summed E-state index contributed by atoms with van der Waals surface area (Å²) in [6, 6.07) is 16.4. The number of para-hydroxylation sites is 1. The molecule has 148 valence electrons. The van der Waals surface area contributed by atoms with Crippen molar-refractivity contribution >= 4 is 46.3 Å². The maximum Gasteiger partial charge on any atom is 0.325 e. The van der Waals surface area contributed by atoms with Crippen LogP contribution in [0.5, 0.6) is 0 Å². The van der Waals surface area contributed by atoms with Gasteiger partial charge in [0.15, 0.2) is 0 Å². The molecular weight excluding hydrogens is 412 g/mol. The van der Waals surface area contributed by atoms with Gasteiger partial charge in [0.1, 0.15) is 12.4 Å². The summed E-state index contributed by atoms with van der Waals surface area (Å²) in [5.41, 5.74) is 1.41. The second-order valence-corrected chi connectivity index (χ2v) is 7.96. The molecule has 8 heteroatoms. The number of hydrogen-bond donors (Lipinski definition) is 0. The van der Waals surface area contributed by atoms with Gasteiger partial charge in [-0.15, -0.1) is 0 Å². The summed E-state index contributed by atoms with van der Waals surface area (Å²) in [5.74, 6) is -0.696. The Bertz CT molecular complexity index is 1140. The molecule has 1 aliphatic rings. The number of halogens is 1. The fourth-order valence-electron chi connectivity index (χ4n) is 3.53. The van der Waals surface area contributed by atoms with Crippen molar-refractivity contribution in [1.82, 2.24) is 4.57 Å². The minimum atomic E-state index is -0.562. The summed E-state index contributed by atoms with van der Waals surface area (Å²) in [6.45, 7) is -0.271. The Balaban J connectivity index is 1.94. The topological polar surface area (TPSA) is 68.6 Å². The number of anilines is 2. The van der Waals surface area contributed by atoms with Crippen LogP contribution in [-0.4, -0.2) is 23.6 Å². The lowest BCUT2D eigenvalue weighted by Gasteiger charge is -2.32. The molecule has 1 atom stereocenters. The smallest absolute Gasteiger partial charge is 0.325 e. The largest absolute Gasteiger partial charge is 0.468 e. The van der Waals surface area contributed by atoms with Crippen LogP contribution in [0, 0.1) is 0 Å². The van der Waals surface area contributed by atoms with Crippen LogP contribution in [0.25, 0.3) is 0 Å². The van der Waals surface area contributed by atoms with Crippen LogP contribution in [0.15, 0.2) is 59.4 Å². The highest BCUT2D eigenvalue weighted by Crippen LogP contribution is 2.46. The highest BCUT2D eigenvalue weighted by molar-refractivity contribution is 7.10. The number of rotatable bonds is 4. The monoisotopic (exact) mass is 428 g/mol. The molecule has 2 heterocycles. The molecule has 1 amide bonds. The first-order valence-electron chi connectivity index (χ1n) is 8.94. The number of esters is 1. The summed E-state index contributed by atoms with van der Waals surface area (Å²) >= 11 is 7.43. The van der Waals surface area contributed by atoms with Gasteiger partial charge in [0.25, 0.3) is 0 Å². The van der Waals surface area contributed by atoms with Crippen molar-refractivity contribution in [1.29, 1.82) is 0 Å². The Labute approximate surface area is 175 Å². The van der Waals surface area contributed by atoms with Gasteiger partial charge in [0.2, 0.25) is 5.91 Å². The van der Waals surface area contributed by atoms with Crippen molar-refractivity contribution in [3.05, 3.63) is 79.7 Å². The molecule has 1 aliphatic heterocycles. The van der Waals surface area contributed by atoms with Crippen LogP contribution in [0.3, 0.4) is 0 Å². The highest BCUT2D eigenvalue weighted by Gasteiger charge is 2.39. The molecule has 0 saturated carbocycles. The molecule has 6 nitrogen and oxygen atoms in total. The Morgan fingerprint density at radius 2 is 1.83 bits per heavy atom. The minimum absolute atomic E-state index is 0.170. The Morgan fingerprint density at radius 1 is 1.14 bits per heavy atom. The van der Waals surface area contributed by atoms with E-state index in [0.29, 0.717) is 21.4 Å². The zero-order valence-electron chi connectivity index (χ0n) is 15.5. The molecule has 3 aromatic rings. The molecule has 4 rings (SSSR count). The quantitative estimate of drug-likeness (QED) is 0.590. The second kappa shape index (κ2) is 7.85. The van der Waals surface area contributed by atoms with Crippen LogP contribution < -0.4 is 9.77 Å². The third kappa shape index (κ3) is 3.47. The molecule has 1 unspecified atom stereocenters. The van der Waals surface area contributed by atoms with E-state index in [4.69, 9.17) is 16.3 Å². The zero-order chi connectivity index (χ0) is 20.5. The number of nitrogens with zero attached hydrogens (tertiary/aromatic N) is 2. The van der Waals surface area contributed by atoms with Crippen molar-refractivity contribution in [2.75, 3.05) is 12.0 Å². The number of aromatic nitrogens is 1. The predicted molar refractivity (Wildman–Crippen MR) is 112 cm³/mol. The standard InChI is InChI=1S/C21H17ClN2O4S/c1-28-18(26)12-23-20-19(29-21(23)27)15(14-9-5-6-10-16(14)22)11-17(25)24(20)13-7-3-2-4-8-13/h2-10,15H,11-12H2,1H3. The first-order valence-corrected chi connectivity index (χ1v) is 10.1. The van der Waals surface area contributed by atoms with Gasteiger partial charge in [0.05, 0.1) is 17.7 Å². The van der Waals surface area contributed by atoms with Crippen molar-refractivity contribution in [2.45, 2.75) is 18.9 Å². The molecule has 1 aromatic heterocycles. The van der Waals surface area contributed by atoms with Gasteiger partial charge in [0, 0.05) is 17.4 Å². The van der Waals surface area contributed by atoms with E-state index in [1.807, 2.05) is 36.4 Å². The number of amides is 1. The molecule has 0 fully saturated rings. The van der Waals surface area contributed by atoms with E-state index < -0.39 is 5.97 Å². The molecule has 0 spiro atoms. The average Bonchev–Trinajstić information content (AvgIpc) is 3.04. The van der Waals surface area contributed by atoms with E-state index in [2.05, 4.69) is 0 Å². The van der Waals surface area contributed by atoms with E-state index in [-0.39, 0.29) is 29.7 Å². The first kappa shape index (κ1) is 19.4. The molecule has 0 radical (unpaired) electrons. The van der Waals surface area contributed by atoms with E-state index in [1.54, 1.807) is 18.2 Å². The zero-order valence-corrected chi connectivity index (χ0v) is 17.1. The van der Waals surface area contributed by atoms with Crippen LogP contribution in [0.1, 0.15) is 22.8 Å². The van der Waals surface area contributed by atoms with Crippen molar-refractivity contribution in [3.63, 3.8) is 0 Å². The summed E-state index contributed by atoms with van der Waals surface area (Å²) in [6.07, 6.45) is 0.170. The third-order valence-electron chi connectivity index (χ3n) is 4.86. The molecule has 0 N–H and O–H groups in total. The first-order chi connectivity index (χ1) is 14.0. The maximum absolute atomic E-state index is 13.2. The van der Waals surface area contributed by atoms with Gasteiger partial charge in [-0.05, 0) is 23.8 Å². The maximum atomic E-state index is 13.2. The number of carbonyl (C=O) groups is 2. The summed E-state index contributed by atoms with van der Waals surface area (Å²) in [5, 5.41) is 0.532. The normalized spacial score (nSPS) is 15.9. The van der Waals surface area contributed by atoms with Crippen molar-refractivity contribution < 1.29 is 14.3 Å². The lowest BCUT2D eigenvalue weighted by atomic mass is 9.90. The van der Waals surface area contributed by atoms with Crippen molar-refractivity contribution in [3.8, 4) is 0 Å². The van der Waals surface area contributed by atoms with Gasteiger partial charge in [-0.3, -0.25) is 23.9 Å². The Hall–Kier alpha value is -2.90. The van der Waals surface area contributed by atoms with Crippen LogP contribution in [0.2, 0.25) is 5.02 Å².